The number of hydrogen-bond acceptors (Lipinski definition) is 2. The molecular formula is C13H10N2. The molecule has 0 spiro atoms. The Balaban J connectivity index is 2.64. The normalized spacial score (nSPS) is 10.9. The van der Waals surface area contributed by atoms with Crippen molar-refractivity contribution in [2.24, 2.45) is 0 Å². The number of anilines is 1. The molecule has 3 aromatic rings. The fraction of sp³-hybridized carbons (Fsp3) is 0. The van der Waals surface area contributed by atoms with Crippen molar-refractivity contribution in [3.05, 3.63) is 48.7 Å². The second kappa shape index (κ2) is 2.95. The lowest BCUT2D eigenvalue weighted by Crippen LogP contribution is -1.88. The number of fused-ring (bicyclic) bond motifs is 3. The van der Waals surface area contributed by atoms with Crippen molar-refractivity contribution in [3.63, 3.8) is 0 Å². The minimum absolute atomic E-state index is 0.789. The number of pyridine rings is 1. The van der Waals surface area contributed by atoms with E-state index in [1.165, 1.54) is 0 Å². The molecule has 2 heteroatoms. The summed E-state index contributed by atoms with van der Waals surface area (Å²) in [5.41, 5.74) is 7.75. The first-order chi connectivity index (χ1) is 7.36. The maximum Gasteiger partial charge on any atom is 0.0800 e. The van der Waals surface area contributed by atoms with Crippen LogP contribution in [0.25, 0.3) is 21.7 Å². The van der Waals surface area contributed by atoms with Crippen LogP contribution in [0.1, 0.15) is 0 Å². The van der Waals surface area contributed by atoms with Gasteiger partial charge >= 0.3 is 0 Å². The van der Waals surface area contributed by atoms with E-state index in [1.807, 2.05) is 24.3 Å². The summed E-state index contributed by atoms with van der Waals surface area (Å²) in [6.07, 6.45) is 1.80. The van der Waals surface area contributed by atoms with Crippen LogP contribution in [0.3, 0.4) is 0 Å². The van der Waals surface area contributed by atoms with E-state index in [9.17, 15) is 0 Å². The number of nitrogens with two attached hydrogens (primary N) is 1. The number of aromatic nitrogens is 1. The molecule has 1 aromatic heterocycles. The second-order valence-electron chi connectivity index (χ2n) is 3.59. The fourth-order valence-corrected chi connectivity index (χ4v) is 1.94. The Morgan fingerprint density at radius 2 is 1.67 bits per heavy atom. The van der Waals surface area contributed by atoms with Crippen LogP contribution in [-0.4, -0.2) is 4.98 Å². The maximum absolute atomic E-state index is 5.98. The SMILES string of the molecule is Nc1cccc2ccc3cccnc3c12. The van der Waals surface area contributed by atoms with E-state index < -0.39 is 0 Å². The van der Waals surface area contributed by atoms with Gasteiger partial charge in [-0.25, -0.2) is 0 Å². The van der Waals surface area contributed by atoms with Crippen LogP contribution in [0.5, 0.6) is 0 Å². The van der Waals surface area contributed by atoms with E-state index in [0.717, 1.165) is 27.4 Å². The van der Waals surface area contributed by atoms with Crippen molar-refractivity contribution < 1.29 is 0 Å². The van der Waals surface area contributed by atoms with Gasteiger partial charge in [0, 0.05) is 22.7 Å². The van der Waals surface area contributed by atoms with Gasteiger partial charge in [-0.1, -0.05) is 30.3 Å². The average Bonchev–Trinajstić information content (AvgIpc) is 2.29. The highest BCUT2D eigenvalue weighted by Gasteiger charge is 2.03. The third-order valence-corrected chi connectivity index (χ3v) is 2.65. The molecule has 1 heterocycles. The zero-order valence-electron chi connectivity index (χ0n) is 8.14. The molecule has 2 aromatic carbocycles. The Labute approximate surface area is 87.4 Å². The predicted molar refractivity (Wildman–Crippen MR) is 63.7 cm³/mol. The summed E-state index contributed by atoms with van der Waals surface area (Å²) in [6.45, 7) is 0. The highest BCUT2D eigenvalue weighted by atomic mass is 14.7. The lowest BCUT2D eigenvalue weighted by atomic mass is 10.0. The van der Waals surface area contributed by atoms with Gasteiger partial charge in [0.15, 0.2) is 0 Å². The zero-order valence-corrected chi connectivity index (χ0v) is 8.14. The highest BCUT2D eigenvalue weighted by molar-refractivity contribution is 6.10. The summed E-state index contributed by atoms with van der Waals surface area (Å²) >= 11 is 0. The van der Waals surface area contributed by atoms with Crippen molar-refractivity contribution in [1.82, 2.24) is 4.98 Å². The first-order valence-corrected chi connectivity index (χ1v) is 4.88. The van der Waals surface area contributed by atoms with Gasteiger partial charge < -0.3 is 5.73 Å². The third kappa shape index (κ3) is 1.15. The molecule has 0 saturated carbocycles. The van der Waals surface area contributed by atoms with Crippen LogP contribution < -0.4 is 5.73 Å². The van der Waals surface area contributed by atoms with Gasteiger partial charge in [-0.2, -0.15) is 0 Å². The molecular weight excluding hydrogens is 184 g/mol. The fourth-order valence-electron chi connectivity index (χ4n) is 1.94. The van der Waals surface area contributed by atoms with Crippen molar-refractivity contribution in [1.29, 1.82) is 0 Å². The van der Waals surface area contributed by atoms with Gasteiger partial charge in [0.1, 0.15) is 0 Å². The smallest absolute Gasteiger partial charge is 0.0800 e. The van der Waals surface area contributed by atoms with E-state index in [0.29, 0.717) is 0 Å². The minimum atomic E-state index is 0.789. The highest BCUT2D eigenvalue weighted by Crippen LogP contribution is 2.27. The van der Waals surface area contributed by atoms with Crippen LogP contribution in [-0.2, 0) is 0 Å². The molecule has 72 valence electrons. The van der Waals surface area contributed by atoms with Gasteiger partial charge in [-0.05, 0) is 17.5 Å². The van der Waals surface area contributed by atoms with E-state index in [1.54, 1.807) is 6.20 Å². The van der Waals surface area contributed by atoms with Crippen molar-refractivity contribution in [2.75, 3.05) is 5.73 Å². The minimum Gasteiger partial charge on any atom is -0.398 e. The van der Waals surface area contributed by atoms with Crippen LogP contribution in [0.2, 0.25) is 0 Å². The maximum atomic E-state index is 5.98. The summed E-state index contributed by atoms with van der Waals surface area (Å²) < 4.78 is 0. The standard InChI is InChI=1S/C13H10N2/c14-11-5-1-3-9-6-7-10-4-2-8-15-13(10)12(9)11/h1-8H,14H2. The molecule has 0 aliphatic carbocycles. The molecule has 0 saturated heterocycles. The van der Waals surface area contributed by atoms with Gasteiger partial charge in [0.25, 0.3) is 0 Å². The second-order valence-corrected chi connectivity index (χ2v) is 3.59. The Bertz CT molecular complexity index is 644. The van der Waals surface area contributed by atoms with Gasteiger partial charge in [-0.15, -0.1) is 0 Å². The number of benzene rings is 2. The van der Waals surface area contributed by atoms with Gasteiger partial charge in [0.05, 0.1) is 5.52 Å². The van der Waals surface area contributed by atoms with E-state index in [4.69, 9.17) is 5.73 Å². The molecule has 2 nitrogen and oxygen atoms in total. The Morgan fingerprint density at radius 1 is 0.867 bits per heavy atom. The summed E-state index contributed by atoms with van der Waals surface area (Å²) in [7, 11) is 0. The molecule has 3 rings (SSSR count). The molecule has 2 N–H and O–H groups in total. The van der Waals surface area contributed by atoms with Crippen LogP contribution >= 0.6 is 0 Å². The molecule has 0 amide bonds. The predicted octanol–water partition coefficient (Wildman–Crippen LogP) is 2.97. The number of rotatable bonds is 0. The number of nitrogens with zero attached hydrogens (tertiary/aromatic N) is 1. The molecule has 0 fully saturated rings. The van der Waals surface area contributed by atoms with Crippen LogP contribution in [0.4, 0.5) is 5.69 Å². The largest absolute Gasteiger partial charge is 0.398 e. The van der Waals surface area contributed by atoms with Crippen molar-refractivity contribution in [3.8, 4) is 0 Å². The first-order valence-electron chi connectivity index (χ1n) is 4.88. The van der Waals surface area contributed by atoms with E-state index in [2.05, 4.69) is 23.2 Å². The molecule has 0 atom stereocenters. The molecule has 0 bridgehead atoms. The van der Waals surface area contributed by atoms with Gasteiger partial charge in [0.2, 0.25) is 0 Å². The molecule has 15 heavy (non-hydrogen) atoms. The average molecular weight is 194 g/mol. The zero-order chi connectivity index (χ0) is 10.3. The Hall–Kier alpha value is -2.09. The summed E-state index contributed by atoms with van der Waals surface area (Å²) in [5.74, 6) is 0. The lowest BCUT2D eigenvalue weighted by molar-refractivity contribution is 1.43. The number of nitrogen functional groups attached to an aromatic ring is 1. The summed E-state index contributed by atoms with van der Waals surface area (Å²) in [6, 6.07) is 14.1. The lowest BCUT2D eigenvalue weighted by Gasteiger charge is -2.04. The van der Waals surface area contributed by atoms with Gasteiger partial charge in [-0.3, -0.25) is 4.98 Å². The van der Waals surface area contributed by atoms with Crippen LogP contribution in [0.15, 0.2) is 48.7 Å². The molecule has 0 aliphatic rings. The summed E-state index contributed by atoms with van der Waals surface area (Å²) in [5, 5.41) is 3.32. The van der Waals surface area contributed by atoms with Crippen molar-refractivity contribution >= 4 is 27.4 Å². The number of hydrogen-bond donors (Lipinski definition) is 1. The molecule has 0 aliphatic heterocycles. The topological polar surface area (TPSA) is 38.9 Å². The van der Waals surface area contributed by atoms with Crippen LogP contribution in [0, 0.1) is 0 Å². The Kier molecular flexibility index (Phi) is 1.62. The van der Waals surface area contributed by atoms with E-state index in [-0.39, 0.29) is 0 Å². The quantitative estimate of drug-likeness (QED) is 0.441. The molecule has 0 unspecified atom stereocenters. The molecule has 0 radical (unpaired) electrons. The monoisotopic (exact) mass is 194 g/mol. The van der Waals surface area contributed by atoms with E-state index >= 15 is 0 Å². The first kappa shape index (κ1) is 8.24. The third-order valence-electron chi connectivity index (χ3n) is 2.65. The Morgan fingerprint density at radius 3 is 2.60 bits per heavy atom. The van der Waals surface area contributed by atoms with Crippen molar-refractivity contribution in [2.45, 2.75) is 0 Å². The summed E-state index contributed by atoms with van der Waals surface area (Å²) in [4.78, 5) is 4.39.